The number of ether oxygens (including phenoxy) is 1. The van der Waals surface area contributed by atoms with E-state index in [1.807, 2.05) is 24.5 Å². The van der Waals surface area contributed by atoms with Crippen LogP contribution in [0.1, 0.15) is 55.5 Å². The zero-order chi connectivity index (χ0) is 24.7. The molecule has 2 unspecified atom stereocenters. The van der Waals surface area contributed by atoms with Crippen molar-refractivity contribution in [3.63, 3.8) is 0 Å². The van der Waals surface area contributed by atoms with Crippen molar-refractivity contribution in [2.75, 3.05) is 13.7 Å². The van der Waals surface area contributed by atoms with Gasteiger partial charge in [0.1, 0.15) is 0 Å². The third kappa shape index (κ3) is 6.41. The summed E-state index contributed by atoms with van der Waals surface area (Å²) < 4.78 is 6.75. The lowest BCUT2D eigenvalue weighted by molar-refractivity contribution is -0.141. The fourth-order valence-corrected chi connectivity index (χ4v) is 4.47. The maximum atomic E-state index is 12.5. The molecule has 3 aromatic rings. The summed E-state index contributed by atoms with van der Waals surface area (Å²) in [6, 6.07) is 13.2. The van der Waals surface area contributed by atoms with E-state index in [2.05, 4.69) is 56.2 Å². The van der Waals surface area contributed by atoms with Gasteiger partial charge in [-0.3, -0.25) is 14.6 Å². The minimum Gasteiger partial charge on any atom is -0.469 e. The number of pyridine rings is 2. The van der Waals surface area contributed by atoms with E-state index < -0.39 is 0 Å². The van der Waals surface area contributed by atoms with Crippen LogP contribution in [0.5, 0.6) is 0 Å². The predicted molar refractivity (Wildman–Crippen MR) is 136 cm³/mol. The molecular weight excluding hydrogens is 426 g/mol. The Bertz CT molecular complexity index is 1150. The lowest BCUT2D eigenvalue weighted by Gasteiger charge is -2.26. The van der Waals surface area contributed by atoms with Crippen molar-refractivity contribution in [2.24, 2.45) is 5.92 Å². The first-order chi connectivity index (χ1) is 16.3. The van der Waals surface area contributed by atoms with Gasteiger partial charge >= 0.3 is 5.97 Å². The molecule has 180 valence electrons. The molecule has 2 aromatic heterocycles. The number of aryl methyl sites for hydroxylation is 2. The Morgan fingerprint density at radius 2 is 1.82 bits per heavy atom. The van der Waals surface area contributed by atoms with Gasteiger partial charge in [0.25, 0.3) is 5.56 Å². The number of benzene rings is 1. The highest BCUT2D eigenvalue weighted by molar-refractivity contribution is 5.72. The Morgan fingerprint density at radius 3 is 2.47 bits per heavy atom. The summed E-state index contributed by atoms with van der Waals surface area (Å²) in [6.45, 7) is 9.01. The second-order valence-electron chi connectivity index (χ2n) is 9.24. The molecule has 0 radical (unpaired) electrons. The molecule has 0 fully saturated rings. The summed E-state index contributed by atoms with van der Waals surface area (Å²) >= 11 is 0. The Labute approximate surface area is 202 Å². The average molecular weight is 462 g/mol. The molecule has 0 saturated heterocycles. The number of hydrogen-bond acceptors (Lipinski definition) is 5. The van der Waals surface area contributed by atoms with Crippen LogP contribution in [-0.4, -0.2) is 29.2 Å². The molecule has 0 amide bonds. The van der Waals surface area contributed by atoms with Crippen molar-refractivity contribution >= 4 is 5.97 Å². The summed E-state index contributed by atoms with van der Waals surface area (Å²) in [5, 5.41) is 3.54. The van der Waals surface area contributed by atoms with Gasteiger partial charge in [0, 0.05) is 48.8 Å². The number of carbonyl (C=O) groups is 1. The molecule has 34 heavy (non-hydrogen) atoms. The van der Waals surface area contributed by atoms with Gasteiger partial charge in [-0.15, -0.1) is 0 Å². The standard InChI is InChI=1S/C28H35N3O3/c1-19(2)13-24(31-12-7-6-11-26(31)32)18-30-25(15-27(33)34-5)22-14-23(17-29-16-22)28-20(3)9-8-10-21(28)4/h6-12,14,16-17,19,24-25,30H,13,15,18H2,1-5H3. The van der Waals surface area contributed by atoms with E-state index in [1.165, 1.54) is 18.2 Å². The van der Waals surface area contributed by atoms with E-state index in [0.29, 0.717) is 12.5 Å². The van der Waals surface area contributed by atoms with Gasteiger partial charge in [-0.25, -0.2) is 0 Å². The van der Waals surface area contributed by atoms with E-state index in [4.69, 9.17) is 4.74 Å². The first kappa shape index (κ1) is 25.4. The van der Waals surface area contributed by atoms with Crippen molar-refractivity contribution in [3.05, 3.63) is 88.1 Å². The summed E-state index contributed by atoms with van der Waals surface area (Å²) in [6.07, 6.45) is 6.49. The second kappa shape index (κ2) is 11.7. The zero-order valence-corrected chi connectivity index (χ0v) is 20.7. The molecule has 0 aliphatic rings. The summed E-state index contributed by atoms with van der Waals surface area (Å²) in [7, 11) is 1.40. The highest BCUT2D eigenvalue weighted by Crippen LogP contribution is 2.29. The lowest BCUT2D eigenvalue weighted by Crippen LogP contribution is -2.35. The van der Waals surface area contributed by atoms with Crippen LogP contribution in [0, 0.1) is 19.8 Å². The van der Waals surface area contributed by atoms with Gasteiger partial charge in [-0.1, -0.05) is 38.1 Å². The molecule has 0 bridgehead atoms. The van der Waals surface area contributed by atoms with Gasteiger partial charge < -0.3 is 14.6 Å². The number of nitrogens with one attached hydrogen (secondary N) is 1. The number of nitrogens with zero attached hydrogens (tertiary/aromatic N) is 2. The SMILES string of the molecule is COC(=O)CC(NCC(CC(C)C)n1ccccc1=O)c1cncc(-c2c(C)cccc2C)c1. The van der Waals surface area contributed by atoms with Crippen LogP contribution in [0.25, 0.3) is 11.1 Å². The largest absolute Gasteiger partial charge is 0.469 e. The molecular formula is C28H35N3O3. The molecule has 0 aliphatic heterocycles. The van der Waals surface area contributed by atoms with Gasteiger partial charge in [-0.05, 0) is 60.6 Å². The molecule has 6 nitrogen and oxygen atoms in total. The number of rotatable bonds is 10. The minimum absolute atomic E-state index is 0.0295. The second-order valence-corrected chi connectivity index (χ2v) is 9.24. The molecule has 6 heteroatoms. The third-order valence-electron chi connectivity index (χ3n) is 6.12. The van der Waals surface area contributed by atoms with E-state index in [9.17, 15) is 9.59 Å². The van der Waals surface area contributed by atoms with Crippen LogP contribution in [-0.2, 0) is 9.53 Å². The fourth-order valence-electron chi connectivity index (χ4n) is 4.47. The van der Waals surface area contributed by atoms with Crippen LogP contribution in [0.15, 0.2) is 65.8 Å². The van der Waals surface area contributed by atoms with Gasteiger partial charge in [0.15, 0.2) is 0 Å². The maximum Gasteiger partial charge on any atom is 0.307 e. The molecule has 3 rings (SSSR count). The number of methoxy groups -OCH3 is 1. The molecule has 0 saturated carbocycles. The first-order valence-corrected chi connectivity index (χ1v) is 11.8. The van der Waals surface area contributed by atoms with Crippen LogP contribution < -0.4 is 10.9 Å². The van der Waals surface area contributed by atoms with Gasteiger partial charge in [0.05, 0.1) is 13.5 Å². The Balaban J connectivity index is 1.92. The molecule has 0 aliphatic carbocycles. The Morgan fingerprint density at radius 1 is 1.09 bits per heavy atom. The molecule has 2 heterocycles. The molecule has 1 aromatic carbocycles. The highest BCUT2D eigenvalue weighted by atomic mass is 16.5. The van der Waals surface area contributed by atoms with Crippen LogP contribution in [0.3, 0.4) is 0 Å². The monoisotopic (exact) mass is 461 g/mol. The topological polar surface area (TPSA) is 73.2 Å². The van der Waals surface area contributed by atoms with Crippen LogP contribution >= 0.6 is 0 Å². The van der Waals surface area contributed by atoms with E-state index in [0.717, 1.165) is 23.1 Å². The van der Waals surface area contributed by atoms with Crippen LogP contribution in [0.2, 0.25) is 0 Å². The minimum atomic E-state index is -0.299. The number of aromatic nitrogens is 2. The molecule has 1 N–H and O–H groups in total. The quantitative estimate of drug-likeness (QED) is 0.430. The third-order valence-corrected chi connectivity index (χ3v) is 6.12. The smallest absolute Gasteiger partial charge is 0.307 e. The van der Waals surface area contributed by atoms with E-state index in [1.54, 1.807) is 22.9 Å². The fraction of sp³-hybridized carbons (Fsp3) is 0.393. The molecule has 0 spiro atoms. The van der Waals surface area contributed by atoms with Crippen molar-refractivity contribution in [1.82, 2.24) is 14.9 Å². The van der Waals surface area contributed by atoms with E-state index >= 15 is 0 Å². The Kier molecular flexibility index (Phi) is 8.77. The lowest BCUT2D eigenvalue weighted by atomic mass is 9.94. The normalized spacial score (nSPS) is 13.0. The first-order valence-electron chi connectivity index (χ1n) is 11.8. The average Bonchev–Trinajstić information content (AvgIpc) is 2.81. The number of hydrogen-bond donors (Lipinski definition) is 1. The predicted octanol–water partition coefficient (Wildman–Crippen LogP) is 5.01. The molecule has 2 atom stereocenters. The summed E-state index contributed by atoms with van der Waals surface area (Å²) in [5.74, 6) is 0.110. The number of carbonyl (C=O) groups excluding carboxylic acids is 1. The van der Waals surface area contributed by atoms with Crippen LogP contribution in [0.4, 0.5) is 0 Å². The number of esters is 1. The van der Waals surface area contributed by atoms with E-state index in [-0.39, 0.29) is 30.0 Å². The maximum absolute atomic E-state index is 12.5. The Hall–Kier alpha value is -3.25. The van der Waals surface area contributed by atoms with Crippen molar-refractivity contribution < 1.29 is 9.53 Å². The highest BCUT2D eigenvalue weighted by Gasteiger charge is 2.21. The zero-order valence-electron chi connectivity index (χ0n) is 20.7. The van der Waals surface area contributed by atoms with Crippen molar-refractivity contribution in [1.29, 1.82) is 0 Å². The van der Waals surface area contributed by atoms with Gasteiger partial charge in [0.2, 0.25) is 0 Å². The summed E-state index contributed by atoms with van der Waals surface area (Å²) in [5.41, 5.74) is 5.41. The van der Waals surface area contributed by atoms with Crippen molar-refractivity contribution in [2.45, 2.75) is 52.6 Å². The van der Waals surface area contributed by atoms with Crippen molar-refractivity contribution in [3.8, 4) is 11.1 Å². The summed E-state index contributed by atoms with van der Waals surface area (Å²) in [4.78, 5) is 29.3. The van der Waals surface area contributed by atoms with Gasteiger partial charge in [-0.2, -0.15) is 0 Å².